The van der Waals surface area contributed by atoms with Gasteiger partial charge < -0.3 is 35.8 Å². The Labute approximate surface area is 306 Å². The zero-order chi connectivity index (χ0) is 38.2. The molecule has 1 aromatic carbocycles. The minimum Gasteiger partial charge on any atom is -0.444 e. The summed E-state index contributed by atoms with van der Waals surface area (Å²) in [7, 11) is 3.13. The van der Waals surface area contributed by atoms with Crippen LogP contribution in [0.4, 0.5) is 4.79 Å². The first-order valence-corrected chi connectivity index (χ1v) is 18.6. The third-order valence-corrected chi connectivity index (χ3v) is 10.1. The SMILES string of the molecule is CCCC(NC(=O)C1C2CCC(C2)N1C(=O)[C@H](NC(=O)OC(C)(C)C)C1CCCCC1)C(=O)C(=O)NCC(=O)N[C@H](C(=O)N(C)C)c1ccccc1. The van der Waals surface area contributed by atoms with Crippen LogP contribution in [0.2, 0.25) is 0 Å². The number of fused-ring (bicyclic) bond motifs is 2. The summed E-state index contributed by atoms with van der Waals surface area (Å²) in [5, 5.41) is 10.6. The second kappa shape index (κ2) is 17.8. The fourth-order valence-electron chi connectivity index (χ4n) is 7.71. The van der Waals surface area contributed by atoms with Gasteiger partial charge in [0.1, 0.15) is 23.7 Å². The van der Waals surface area contributed by atoms with Crippen LogP contribution >= 0.6 is 0 Å². The lowest BCUT2D eigenvalue weighted by Crippen LogP contribution is -2.61. The van der Waals surface area contributed by atoms with Gasteiger partial charge in [0.2, 0.25) is 29.4 Å². The number of nitrogens with zero attached hydrogens (tertiary/aromatic N) is 2. The summed E-state index contributed by atoms with van der Waals surface area (Å²) >= 11 is 0. The molecular weight excluding hydrogens is 668 g/mol. The molecule has 0 aromatic heterocycles. The van der Waals surface area contributed by atoms with Crippen LogP contribution in [0, 0.1) is 11.8 Å². The fourth-order valence-corrected chi connectivity index (χ4v) is 7.71. The summed E-state index contributed by atoms with van der Waals surface area (Å²) in [5.41, 5.74) is -0.201. The smallest absolute Gasteiger partial charge is 0.408 e. The predicted molar refractivity (Wildman–Crippen MR) is 192 cm³/mol. The second-order valence-electron chi connectivity index (χ2n) is 15.5. The number of benzene rings is 1. The zero-order valence-corrected chi connectivity index (χ0v) is 31.4. The van der Waals surface area contributed by atoms with Crippen LogP contribution in [0.25, 0.3) is 0 Å². The summed E-state index contributed by atoms with van der Waals surface area (Å²) in [4.78, 5) is 96.4. The van der Waals surface area contributed by atoms with E-state index in [-0.39, 0.29) is 36.1 Å². The van der Waals surface area contributed by atoms with Crippen molar-refractivity contribution in [3.05, 3.63) is 35.9 Å². The van der Waals surface area contributed by atoms with E-state index in [9.17, 15) is 33.6 Å². The van der Waals surface area contributed by atoms with Gasteiger partial charge in [-0.3, -0.25) is 28.8 Å². The number of ether oxygens (including phenoxy) is 1. The van der Waals surface area contributed by atoms with Crippen molar-refractivity contribution < 1.29 is 38.3 Å². The number of hydrogen-bond donors (Lipinski definition) is 4. The largest absolute Gasteiger partial charge is 0.444 e. The van der Waals surface area contributed by atoms with Gasteiger partial charge in [-0.25, -0.2) is 4.79 Å². The molecule has 4 rings (SSSR count). The molecule has 6 atom stereocenters. The summed E-state index contributed by atoms with van der Waals surface area (Å²) in [6.45, 7) is 6.51. The van der Waals surface area contributed by atoms with E-state index >= 15 is 0 Å². The van der Waals surface area contributed by atoms with Gasteiger partial charge in [0.05, 0.1) is 12.6 Å². The average Bonchev–Trinajstić information content (AvgIpc) is 3.73. The van der Waals surface area contributed by atoms with E-state index in [4.69, 9.17) is 4.74 Å². The van der Waals surface area contributed by atoms with Gasteiger partial charge in [0, 0.05) is 20.1 Å². The summed E-state index contributed by atoms with van der Waals surface area (Å²) in [5.74, 6) is -4.09. The fraction of sp³-hybridized carbons (Fsp3) is 0.658. The van der Waals surface area contributed by atoms with E-state index in [2.05, 4.69) is 21.3 Å². The van der Waals surface area contributed by atoms with Crippen molar-refractivity contribution in [2.45, 2.75) is 128 Å². The quantitative estimate of drug-likeness (QED) is 0.211. The van der Waals surface area contributed by atoms with E-state index < -0.39 is 65.9 Å². The molecule has 2 aliphatic carbocycles. The highest BCUT2D eigenvalue weighted by Crippen LogP contribution is 2.43. The average molecular weight is 725 g/mol. The first kappa shape index (κ1) is 40.3. The standard InChI is InChI=1S/C38H56N6O8/c1-7-14-27(32(46)34(48)39-22-28(45)41-29(35(49)43(5)6)23-15-10-8-11-16-23)40-33(47)31-25-19-20-26(21-25)44(31)36(50)30(24-17-12-9-13-18-24)42-37(51)52-38(2,3)4/h8,10-11,15-16,24-27,29-31H,7,9,12-14,17-22H2,1-6H3,(H,39,48)(H,40,47)(H,41,45)(H,42,51)/t25?,26?,27?,29-,30+,31?/m0/s1. The molecule has 0 radical (unpaired) electrons. The number of piperidine rings is 1. The Bertz CT molecular complexity index is 1470. The lowest BCUT2D eigenvalue weighted by Gasteiger charge is -2.40. The number of likely N-dealkylation sites (N-methyl/N-ethyl adjacent to an activating group) is 1. The van der Waals surface area contributed by atoms with Crippen LogP contribution in [0.3, 0.4) is 0 Å². The first-order chi connectivity index (χ1) is 24.6. The van der Waals surface area contributed by atoms with Crippen LogP contribution in [-0.2, 0) is 33.5 Å². The van der Waals surface area contributed by atoms with E-state index in [1.54, 1.807) is 70.1 Å². The van der Waals surface area contributed by atoms with Crippen molar-refractivity contribution in [3.8, 4) is 0 Å². The molecule has 1 heterocycles. The summed E-state index contributed by atoms with van der Waals surface area (Å²) in [6, 6.07) is 4.59. The number of amides is 6. The number of carbonyl (C=O) groups excluding carboxylic acids is 7. The third kappa shape index (κ3) is 10.3. The van der Waals surface area contributed by atoms with Crippen molar-refractivity contribution in [1.82, 2.24) is 31.1 Å². The van der Waals surface area contributed by atoms with E-state index in [0.29, 0.717) is 18.4 Å². The number of rotatable bonds is 14. The Kier molecular flexibility index (Phi) is 13.8. The van der Waals surface area contributed by atoms with Gasteiger partial charge in [-0.15, -0.1) is 0 Å². The van der Waals surface area contributed by atoms with Crippen molar-refractivity contribution in [2.75, 3.05) is 20.6 Å². The molecule has 4 N–H and O–H groups in total. The Morgan fingerprint density at radius 3 is 2.19 bits per heavy atom. The second-order valence-corrected chi connectivity index (χ2v) is 15.5. The van der Waals surface area contributed by atoms with E-state index in [1.807, 2.05) is 6.92 Å². The summed E-state index contributed by atoms with van der Waals surface area (Å²) in [6.07, 6.45) is 6.52. The van der Waals surface area contributed by atoms with Crippen LogP contribution in [-0.4, -0.2) is 102 Å². The summed E-state index contributed by atoms with van der Waals surface area (Å²) < 4.78 is 5.51. The molecule has 14 heteroatoms. The van der Waals surface area contributed by atoms with Gasteiger partial charge >= 0.3 is 6.09 Å². The van der Waals surface area contributed by atoms with E-state index in [1.165, 1.54) is 4.90 Å². The number of Topliss-reactive ketones (excluding diaryl/α,β-unsaturated/α-hetero) is 1. The maximum Gasteiger partial charge on any atom is 0.408 e. The van der Waals surface area contributed by atoms with Gasteiger partial charge in [-0.2, -0.15) is 0 Å². The zero-order valence-electron chi connectivity index (χ0n) is 31.4. The Balaban J connectivity index is 1.43. The highest BCUT2D eigenvalue weighted by atomic mass is 16.6. The van der Waals surface area contributed by atoms with Crippen LogP contribution in [0.15, 0.2) is 30.3 Å². The third-order valence-electron chi connectivity index (χ3n) is 10.1. The number of carbonyl (C=O) groups is 7. The Morgan fingerprint density at radius 1 is 0.904 bits per heavy atom. The van der Waals surface area contributed by atoms with Gasteiger partial charge in [-0.1, -0.05) is 62.9 Å². The molecular formula is C38H56N6O8. The van der Waals surface area contributed by atoms with Crippen LogP contribution in [0.1, 0.15) is 104 Å². The normalized spacial score (nSPS) is 21.7. The van der Waals surface area contributed by atoms with Crippen molar-refractivity contribution >= 4 is 41.4 Å². The predicted octanol–water partition coefficient (Wildman–Crippen LogP) is 2.76. The molecule has 6 amide bonds. The van der Waals surface area contributed by atoms with Gasteiger partial charge in [0.25, 0.3) is 5.91 Å². The highest BCUT2D eigenvalue weighted by molar-refractivity contribution is 6.38. The Hall–Kier alpha value is -4.49. The van der Waals surface area contributed by atoms with Gasteiger partial charge in [0.15, 0.2) is 0 Å². The van der Waals surface area contributed by atoms with Crippen molar-refractivity contribution in [2.24, 2.45) is 11.8 Å². The minimum atomic E-state index is -1.18. The minimum absolute atomic E-state index is 0.101. The molecule has 3 aliphatic rings. The molecule has 286 valence electrons. The van der Waals surface area contributed by atoms with Crippen LogP contribution < -0.4 is 21.3 Å². The highest BCUT2D eigenvalue weighted by Gasteiger charge is 2.53. The number of likely N-dealkylation sites (tertiary alicyclic amines) is 1. The van der Waals surface area contributed by atoms with Gasteiger partial charge in [-0.05, 0) is 76.7 Å². The Morgan fingerprint density at radius 2 is 1.58 bits per heavy atom. The first-order valence-electron chi connectivity index (χ1n) is 18.6. The molecule has 2 bridgehead atoms. The number of hydrogen-bond acceptors (Lipinski definition) is 8. The molecule has 1 aromatic rings. The van der Waals surface area contributed by atoms with Crippen molar-refractivity contribution in [1.29, 1.82) is 0 Å². The molecule has 3 fully saturated rings. The monoisotopic (exact) mass is 724 g/mol. The number of alkyl carbamates (subject to hydrolysis) is 1. The van der Waals surface area contributed by atoms with Crippen LogP contribution in [0.5, 0.6) is 0 Å². The maximum absolute atomic E-state index is 14.4. The lowest BCUT2D eigenvalue weighted by molar-refractivity contribution is -0.147. The van der Waals surface area contributed by atoms with Crippen molar-refractivity contribution in [3.63, 3.8) is 0 Å². The number of ketones is 1. The number of nitrogens with one attached hydrogen (secondary N) is 4. The molecule has 2 saturated carbocycles. The van der Waals surface area contributed by atoms with E-state index in [0.717, 1.165) is 44.9 Å². The molecule has 52 heavy (non-hydrogen) atoms. The molecule has 4 unspecified atom stereocenters. The molecule has 1 aliphatic heterocycles. The molecule has 14 nitrogen and oxygen atoms in total. The topological polar surface area (TPSA) is 183 Å². The lowest BCUT2D eigenvalue weighted by atomic mass is 9.83. The molecule has 1 saturated heterocycles. The molecule has 0 spiro atoms. The maximum atomic E-state index is 14.4.